The molecule has 2 N–H and O–H groups in total. The van der Waals surface area contributed by atoms with E-state index in [-0.39, 0.29) is 23.8 Å². The molecule has 13 heteroatoms. The van der Waals surface area contributed by atoms with Crippen molar-refractivity contribution in [3.8, 4) is 11.4 Å². The van der Waals surface area contributed by atoms with E-state index in [9.17, 15) is 13.5 Å². The molecular formula is C24H29N9O3S. The van der Waals surface area contributed by atoms with Gasteiger partial charge in [0.05, 0.1) is 34.1 Å². The molecule has 1 saturated heterocycles. The third-order valence-electron chi connectivity index (χ3n) is 6.84. The quantitative estimate of drug-likeness (QED) is 0.353. The fraction of sp³-hybridized carbons (Fsp3) is 0.458. The van der Waals surface area contributed by atoms with Crippen LogP contribution in [-0.2, 0) is 10.0 Å². The van der Waals surface area contributed by atoms with E-state index in [0.29, 0.717) is 35.9 Å². The second-order valence-electron chi connectivity index (χ2n) is 9.97. The Labute approximate surface area is 214 Å². The highest BCUT2D eigenvalue weighted by Crippen LogP contribution is 2.33. The molecule has 1 aliphatic heterocycles. The Hall–Kier alpha value is -3.58. The average Bonchev–Trinajstić information content (AvgIpc) is 3.29. The Morgan fingerprint density at radius 1 is 1.16 bits per heavy atom. The number of anilines is 3. The number of hydrogen-bond donors (Lipinski definition) is 2. The van der Waals surface area contributed by atoms with Gasteiger partial charge in [-0.2, -0.15) is 14.3 Å². The van der Waals surface area contributed by atoms with Gasteiger partial charge in [-0.25, -0.2) is 23.4 Å². The van der Waals surface area contributed by atoms with Crippen molar-refractivity contribution in [2.75, 3.05) is 29.9 Å². The van der Waals surface area contributed by atoms with Crippen molar-refractivity contribution in [1.82, 2.24) is 33.9 Å². The molecule has 1 aliphatic carbocycles. The summed E-state index contributed by atoms with van der Waals surface area (Å²) in [6.07, 6.45) is 8.64. The molecule has 4 aromatic heterocycles. The van der Waals surface area contributed by atoms with E-state index in [1.54, 1.807) is 12.3 Å². The van der Waals surface area contributed by atoms with Gasteiger partial charge < -0.3 is 15.3 Å². The maximum Gasteiger partial charge on any atom is 0.256 e. The van der Waals surface area contributed by atoms with Crippen molar-refractivity contribution >= 4 is 38.4 Å². The summed E-state index contributed by atoms with van der Waals surface area (Å²) in [5.41, 5.74) is 1.47. The second-order valence-corrected chi connectivity index (χ2v) is 12.0. The lowest BCUT2D eigenvalue weighted by Crippen LogP contribution is -2.21. The third-order valence-corrected chi connectivity index (χ3v) is 8.88. The van der Waals surface area contributed by atoms with Crippen LogP contribution in [0.2, 0.25) is 0 Å². The molecule has 5 heterocycles. The summed E-state index contributed by atoms with van der Waals surface area (Å²) in [5.74, 6) is 2.65. The number of aliphatic hydroxyl groups excluding tert-OH is 1. The number of hydrogen-bond acceptors (Lipinski definition) is 10. The number of aliphatic hydroxyl groups is 1. The molecule has 1 atom stereocenters. The van der Waals surface area contributed by atoms with Gasteiger partial charge in [0.25, 0.3) is 10.0 Å². The highest BCUT2D eigenvalue weighted by atomic mass is 32.2. The highest BCUT2D eigenvalue weighted by molar-refractivity contribution is 7.90. The van der Waals surface area contributed by atoms with E-state index in [4.69, 9.17) is 5.10 Å². The lowest BCUT2D eigenvalue weighted by Gasteiger charge is -2.15. The molecule has 0 unspecified atom stereocenters. The number of rotatable bonds is 8. The zero-order chi connectivity index (χ0) is 25.7. The molecule has 194 valence electrons. The Bertz CT molecular complexity index is 1560. The van der Waals surface area contributed by atoms with Crippen molar-refractivity contribution in [2.24, 2.45) is 5.92 Å². The Kier molecular flexibility index (Phi) is 5.83. The van der Waals surface area contributed by atoms with Crippen LogP contribution in [0.25, 0.3) is 22.3 Å². The summed E-state index contributed by atoms with van der Waals surface area (Å²) >= 11 is 0. The first-order valence-electron chi connectivity index (χ1n) is 12.5. The molecular weight excluding hydrogens is 494 g/mol. The summed E-state index contributed by atoms with van der Waals surface area (Å²) in [6, 6.07) is 3.83. The van der Waals surface area contributed by atoms with Crippen molar-refractivity contribution in [2.45, 2.75) is 44.4 Å². The van der Waals surface area contributed by atoms with Gasteiger partial charge in [-0.05, 0) is 39.2 Å². The number of pyridine rings is 1. The second kappa shape index (κ2) is 9.06. The fourth-order valence-corrected chi connectivity index (χ4v) is 6.14. The van der Waals surface area contributed by atoms with Gasteiger partial charge in [0.15, 0.2) is 11.6 Å². The van der Waals surface area contributed by atoms with E-state index in [1.807, 2.05) is 16.9 Å². The van der Waals surface area contributed by atoms with Crippen molar-refractivity contribution in [3.63, 3.8) is 0 Å². The van der Waals surface area contributed by atoms with Crippen molar-refractivity contribution in [3.05, 3.63) is 36.9 Å². The molecule has 0 amide bonds. The number of fused-ring (bicyclic) bond motifs is 1. The largest absolute Gasteiger partial charge is 0.396 e. The number of aromatic nitrogens is 7. The van der Waals surface area contributed by atoms with Crippen LogP contribution in [0.15, 0.2) is 36.9 Å². The van der Waals surface area contributed by atoms with E-state index < -0.39 is 10.0 Å². The van der Waals surface area contributed by atoms with Gasteiger partial charge in [0, 0.05) is 50.1 Å². The van der Waals surface area contributed by atoms with Gasteiger partial charge in [-0.15, -0.1) is 0 Å². The Balaban J connectivity index is 1.28. The number of nitrogens with one attached hydrogen (secondary N) is 1. The fourth-order valence-electron chi connectivity index (χ4n) is 4.66. The monoisotopic (exact) mass is 523 g/mol. The standard InChI is InChI=1S/C24H29N9O3S/c1-15(2)33-20-9-22(26-11-19(20)24(30-33)31-8-6-16(12-31)14-34)28-21-5-7-25-23(29-21)17-10-27-32(13-17)37(35,36)18-3-4-18/h5,7,9-11,13,15-16,18,34H,3-4,6,8,12,14H2,1-2H3,(H,25,26,28,29)/t16-/m0/s1. The maximum atomic E-state index is 12.5. The first-order chi connectivity index (χ1) is 17.8. The number of nitrogens with zero attached hydrogens (tertiary/aromatic N) is 8. The van der Waals surface area contributed by atoms with Crippen molar-refractivity contribution < 1.29 is 13.5 Å². The maximum absolute atomic E-state index is 12.5. The van der Waals surface area contributed by atoms with E-state index in [2.05, 4.69) is 44.1 Å². The minimum Gasteiger partial charge on any atom is -0.396 e. The lowest BCUT2D eigenvalue weighted by atomic mass is 10.1. The van der Waals surface area contributed by atoms with Crippen LogP contribution < -0.4 is 10.2 Å². The van der Waals surface area contributed by atoms with Crippen LogP contribution in [0.1, 0.15) is 39.2 Å². The molecule has 2 fully saturated rings. The van der Waals surface area contributed by atoms with E-state index >= 15 is 0 Å². The van der Waals surface area contributed by atoms with E-state index in [1.165, 1.54) is 12.4 Å². The molecule has 0 radical (unpaired) electrons. The zero-order valence-electron chi connectivity index (χ0n) is 20.7. The van der Waals surface area contributed by atoms with Gasteiger partial charge in [0.2, 0.25) is 0 Å². The predicted octanol–water partition coefficient (Wildman–Crippen LogP) is 2.57. The summed E-state index contributed by atoms with van der Waals surface area (Å²) in [4.78, 5) is 15.7. The van der Waals surface area contributed by atoms with Crippen LogP contribution in [0, 0.1) is 5.92 Å². The smallest absolute Gasteiger partial charge is 0.256 e. The minimum atomic E-state index is -3.45. The highest BCUT2D eigenvalue weighted by Gasteiger charge is 2.37. The Morgan fingerprint density at radius 2 is 2.00 bits per heavy atom. The summed E-state index contributed by atoms with van der Waals surface area (Å²) in [6.45, 7) is 6.00. The SMILES string of the molecule is CC(C)n1nc(N2CC[C@H](CO)C2)c2cnc(Nc3ccnc(-c4cnn(S(=O)(=O)C5CC5)c4)n3)cc21. The van der Waals surface area contributed by atoms with Gasteiger partial charge >= 0.3 is 0 Å². The first kappa shape index (κ1) is 23.8. The molecule has 2 aliphatic rings. The van der Waals surface area contributed by atoms with Crippen molar-refractivity contribution in [1.29, 1.82) is 0 Å². The molecule has 0 bridgehead atoms. The summed E-state index contributed by atoms with van der Waals surface area (Å²) < 4.78 is 27.9. The zero-order valence-corrected chi connectivity index (χ0v) is 21.5. The van der Waals surface area contributed by atoms with Crippen LogP contribution in [-0.4, -0.2) is 72.4 Å². The summed E-state index contributed by atoms with van der Waals surface area (Å²) in [5, 5.41) is 22.3. The lowest BCUT2D eigenvalue weighted by molar-refractivity contribution is 0.238. The van der Waals surface area contributed by atoms with Crippen LogP contribution in [0.5, 0.6) is 0 Å². The van der Waals surface area contributed by atoms with Crippen LogP contribution >= 0.6 is 0 Å². The van der Waals surface area contributed by atoms with E-state index in [0.717, 1.165) is 40.3 Å². The molecule has 0 spiro atoms. The Morgan fingerprint density at radius 3 is 2.73 bits per heavy atom. The van der Waals surface area contributed by atoms with Crippen LogP contribution in [0.4, 0.5) is 17.5 Å². The van der Waals surface area contributed by atoms with Crippen LogP contribution in [0.3, 0.4) is 0 Å². The van der Waals surface area contributed by atoms with Gasteiger partial charge in [-0.3, -0.25) is 4.68 Å². The third kappa shape index (κ3) is 4.42. The molecule has 0 aromatic carbocycles. The molecule has 12 nitrogen and oxygen atoms in total. The molecule has 1 saturated carbocycles. The molecule has 37 heavy (non-hydrogen) atoms. The summed E-state index contributed by atoms with van der Waals surface area (Å²) in [7, 11) is -3.45. The topological polar surface area (TPSA) is 144 Å². The normalized spacial score (nSPS) is 18.3. The molecule has 4 aromatic rings. The van der Waals surface area contributed by atoms with Gasteiger partial charge in [0.1, 0.15) is 11.6 Å². The van der Waals surface area contributed by atoms with Gasteiger partial charge in [-0.1, -0.05) is 0 Å². The average molecular weight is 524 g/mol. The molecule has 6 rings (SSSR count). The minimum absolute atomic E-state index is 0.150. The first-order valence-corrected chi connectivity index (χ1v) is 14.0. The predicted molar refractivity (Wildman–Crippen MR) is 139 cm³/mol.